The van der Waals surface area contributed by atoms with E-state index < -0.39 is 5.97 Å². The van der Waals surface area contributed by atoms with Gasteiger partial charge in [-0.25, -0.2) is 4.79 Å². The van der Waals surface area contributed by atoms with Crippen molar-refractivity contribution in [3.63, 3.8) is 0 Å². The maximum Gasteiger partial charge on any atom is 0.345 e. The molecule has 0 aliphatic carbocycles. The molecular weight excluding hydrogens is 346 g/mol. The first kappa shape index (κ1) is 20.3. The number of nitrogens with one attached hydrogen (secondary N) is 1. The molecule has 2 N–H and O–H groups in total. The van der Waals surface area contributed by atoms with Crippen LogP contribution in [0.5, 0.6) is 11.5 Å². The number of unbranched alkanes of at least 4 members (excludes halogenated alkanes) is 1. The summed E-state index contributed by atoms with van der Waals surface area (Å²) in [5, 5.41) is 12.7. The molecule has 2 aromatic rings. The normalized spacial score (nSPS) is 10.3. The number of esters is 1. The first-order chi connectivity index (χ1) is 13.1. The summed E-state index contributed by atoms with van der Waals surface area (Å²) in [4.78, 5) is 23.6. The average molecular weight is 371 g/mol. The largest absolute Gasteiger partial charge is 0.507 e. The van der Waals surface area contributed by atoms with Crippen molar-refractivity contribution in [3.8, 4) is 11.5 Å². The maximum atomic E-state index is 11.8. The van der Waals surface area contributed by atoms with Crippen LogP contribution >= 0.6 is 0 Å². The summed E-state index contributed by atoms with van der Waals surface area (Å²) in [6.45, 7) is 0.939. The van der Waals surface area contributed by atoms with E-state index in [4.69, 9.17) is 4.74 Å². The van der Waals surface area contributed by atoms with E-state index in [9.17, 15) is 14.7 Å². The van der Waals surface area contributed by atoms with Crippen LogP contribution in [-0.4, -0.2) is 37.2 Å². The Kier molecular flexibility index (Phi) is 8.16. The highest BCUT2D eigenvalue weighted by atomic mass is 16.5. The number of methoxy groups -OCH3 is 1. The first-order valence-corrected chi connectivity index (χ1v) is 8.95. The summed E-state index contributed by atoms with van der Waals surface area (Å²) in [5.74, 6) is -0.506. The van der Waals surface area contributed by atoms with Gasteiger partial charge in [-0.3, -0.25) is 4.79 Å². The molecule has 0 aliphatic heterocycles. The zero-order valence-corrected chi connectivity index (χ0v) is 15.4. The van der Waals surface area contributed by atoms with Crippen LogP contribution in [0.1, 0.15) is 35.2 Å². The fourth-order valence-electron chi connectivity index (χ4n) is 2.57. The van der Waals surface area contributed by atoms with Gasteiger partial charge >= 0.3 is 5.97 Å². The number of rotatable bonds is 10. The van der Waals surface area contributed by atoms with E-state index in [1.165, 1.54) is 13.2 Å². The second-order valence-electron chi connectivity index (χ2n) is 6.03. The van der Waals surface area contributed by atoms with Crippen molar-refractivity contribution in [1.82, 2.24) is 5.32 Å². The fraction of sp³-hybridized carbons (Fsp3) is 0.333. The Balaban J connectivity index is 1.64. The summed E-state index contributed by atoms with van der Waals surface area (Å²) in [6, 6.07) is 14.5. The Morgan fingerprint density at radius 3 is 2.56 bits per heavy atom. The van der Waals surface area contributed by atoms with Gasteiger partial charge < -0.3 is 19.9 Å². The Morgan fingerprint density at radius 2 is 1.81 bits per heavy atom. The van der Waals surface area contributed by atoms with E-state index in [-0.39, 0.29) is 23.0 Å². The number of aromatic hydroxyl groups is 1. The smallest absolute Gasteiger partial charge is 0.345 e. The lowest BCUT2D eigenvalue weighted by Gasteiger charge is -2.11. The molecule has 0 spiro atoms. The predicted molar refractivity (Wildman–Crippen MR) is 102 cm³/mol. The molecule has 0 unspecified atom stereocenters. The van der Waals surface area contributed by atoms with E-state index in [2.05, 4.69) is 10.1 Å². The number of hydrogen-bond acceptors (Lipinski definition) is 5. The number of aryl methyl sites for hydroxylation is 1. The molecule has 0 radical (unpaired) electrons. The lowest BCUT2D eigenvalue weighted by Crippen LogP contribution is -2.24. The molecular formula is C21H25NO5. The van der Waals surface area contributed by atoms with Crippen LogP contribution in [-0.2, 0) is 16.0 Å². The van der Waals surface area contributed by atoms with E-state index in [0.29, 0.717) is 26.0 Å². The van der Waals surface area contributed by atoms with E-state index >= 15 is 0 Å². The summed E-state index contributed by atoms with van der Waals surface area (Å²) in [6.07, 6.45) is 2.65. The predicted octanol–water partition coefficient (Wildman–Crippen LogP) is 3.09. The van der Waals surface area contributed by atoms with Gasteiger partial charge in [0.1, 0.15) is 17.1 Å². The molecule has 27 heavy (non-hydrogen) atoms. The Labute approximate surface area is 159 Å². The number of phenolic OH excluding ortho intramolecular Hbond substituents is 1. The van der Waals surface area contributed by atoms with Crippen molar-refractivity contribution in [2.24, 2.45) is 0 Å². The van der Waals surface area contributed by atoms with Crippen LogP contribution in [0.4, 0.5) is 0 Å². The van der Waals surface area contributed by atoms with Crippen LogP contribution in [0.15, 0.2) is 48.5 Å². The monoisotopic (exact) mass is 371 g/mol. The highest BCUT2D eigenvalue weighted by molar-refractivity contribution is 5.95. The molecule has 0 heterocycles. The molecule has 0 aliphatic rings. The van der Waals surface area contributed by atoms with Gasteiger partial charge in [0, 0.05) is 13.0 Å². The quantitative estimate of drug-likeness (QED) is 0.495. The van der Waals surface area contributed by atoms with Crippen LogP contribution in [0.2, 0.25) is 0 Å². The molecule has 2 aromatic carbocycles. The van der Waals surface area contributed by atoms with Crippen molar-refractivity contribution in [3.05, 3.63) is 59.7 Å². The zero-order valence-electron chi connectivity index (χ0n) is 15.4. The fourth-order valence-corrected chi connectivity index (χ4v) is 2.57. The molecule has 0 saturated heterocycles. The minimum absolute atomic E-state index is 0.0224. The van der Waals surface area contributed by atoms with Crippen molar-refractivity contribution in [1.29, 1.82) is 0 Å². The lowest BCUT2D eigenvalue weighted by atomic mass is 10.1. The second-order valence-corrected chi connectivity index (χ2v) is 6.03. The molecule has 0 aromatic heterocycles. The van der Waals surface area contributed by atoms with Gasteiger partial charge in [0.05, 0.1) is 13.7 Å². The minimum Gasteiger partial charge on any atom is -0.507 e. The van der Waals surface area contributed by atoms with Crippen molar-refractivity contribution >= 4 is 11.9 Å². The summed E-state index contributed by atoms with van der Waals surface area (Å²) in [5.41, 5.74) is 1.17. The third-order valence-corrected chi connectivity index (χ3v) is 4.03. The van der Waals surface area contributed by atoms with Crippen molar-refractivity contribution in [2.75, 3.05) is 20.3 Å². The number of phenols is 1. The number of benzene rings is 2. The molecule has 1 amide bonds. The molecule has 0 bridgehead atoms. The van der Waals surface area contributed by atoms with Crippen LogP contribution in [0.3, 0.4) is 0 Å². The SMILES string of the molecule is COC(=O)c1c(O)cccc1OCCCCNC(=O)CCc1ccccc1. The molecule has 0 saturated carbocycles. The third-order valence-electron chi connectivity index (χ3n) is 4.03. The molecule has 6 heteroatoms. The van der Waals surface area contributed by atoms with Gasteiger partial charge in [-0.15, -0.1) is 0 Å². The second kappa shape index (κ2) is 10.9. The zero-order chi connectivity index (χ0) is 19.5. The van der Waals surface area contributed by atoms with Gasteiger partial charge in [0.15, 0.2) is 0 Å². The van der Waals surface area contributed by atoms with E-state index in [1.807, 2.05) is 30.3 Å². The standard InChI is InChI=1S/C21H25NO5/c1-26-21(25)20-17(23)10-7-11-18(20)27-15-6-5-14-22-19(24)13-12-16-8-3-2-4-9-16/h2-4,7-11,23H,5-6,12-15H2,1H3,(H,22,24). The van der Waals surface area contributed by atoms with Gasteiger partial charge in [-0.05, 0) is 37.0 Å². The topological polar surface area (TPSA) is 84.9 Å². The van der Waals surface area contributed by atoms with Crippen LogP contribution < -0.4 is 10.1 Å². The number of amides is 1. The van der Waals surface area contributed by atoms with Gasteiger partial charge in [0.25, 0.3) is 0 Å². The summed E-state index contributed by atoms with van der Waals surface area (Å²) < 4.78 is 10.2. The van der Waals surface area contributed by atoms with Gasteiger partial charge in [-0.2, -0.15) is 0 Å². The first-order valence-electron chi connectivity index (χ1n) is 8.95. The highest BCUT2D eigenvalue weighted by Gasteiger charge is 2.17. The van der Waals surface area contributed by atoms with E-state index in [0.717, 1.165) is 18.4 Å². The molecule has 6 nitrogen and oxygen atoms in total. The van der Waals surface area contributed by atoms with Crippen molar-refractivity contribution < 1.29 is 24.2 Å². The summed E-state index contributed by atoms with van der Waals surface area (Å²) >= 11 is 0. The van der Waals surface area contributed by atoms with Crippen LogP contribution in [0.25, 0.3) is 0 Å². The van der Waals surface area contributed by atoms with Crippen LogP contribution in [0, 0.1) is 0 Å². The number of carbonyl (C=O) groups is 2. The highest BCUT2D eigenvalue weighted by Crippen LogP contribution is 2.28. The average Bonchev–Trinajstić information content (AvgIpc) is 2.69. The summed E-state index contributed by atoms with van der Waals surface area (Å²) in [7, 11) is 1.25. The van der Waals surface area contributed by atoms with Crippen molar-refractivity contribution in [2.45, 2.75) is 25.7 Å². The van der Waals surface area contributed by atoms with E-state index in [1.54, 1.807) is 12.1 Å². The lowest BCUT2D eigenvalue weighted by molar-refractivity contribution is -0.121. The van der Waals surface area contributed by atoms with Gasteiger partial charge in [-0.1, -0.05) is 36.4 Å². The van der Waals surface area contributed by atoms with Gasteiger partial charge in [0.2, 0.25) is 5.91 Å². The maximum absolute atomic E-state index is 11.8. The number of ether oxygens (including phenoxy) is 2. The third kappa shape index (κ3) is 6.66. The molecule has 144 valence electrons. The number of hydrogen-bond donors (Lipinski definition) is 2. The Morgan fingerprint density at radius 1 is 1.04 bits per heavy atom. The molecule has 2 rings (SSSR count). The Bertz CT molecular complexity index is 745. The molecule has 0 atom stereocenters. The number of carbonyl (C=O) groups excluding carboxylic acids is 2. The minimum atomic E-state index is -0.645. The Hall–Kier alpha value is -3.02. The molecule has 0 fully saturated rings.